The number of nitrogen functional groups attached to an aromatic ring is 1. The molecule has 98 valence electrons. The van der Waals surface area contributed by atoms with Crippen molar-refractivity contribution in [3.05, 3.63) is 29.8 Å². The maximum Gasteiger partial charge on any atom is 0.328 e. The van der Waals surface area contributed by atoms with Gasteiger partial charge in [-0.2, -0.15) is 0 Å². The zero-order chi connectivity index (χ0) is 13.5. The zero-order valence-corrected chi connectivity index (χ0v) is 10.6. The number of methoxy groups -OCH3 is 1. The molecule has 1 aromatic rings. The summed E-state index contributed by atoms with van der Waals surface area (Å²) in [6.45, 7) is 1.58. The fraction of sp³-hybridized carbons (Fsp3) is 0.385. The van der Waals surface area contributed by atoms with E-state index in [9.17, 15) is 9.59 Å². The number of carbonyl (C=O) groups is 2. The van der Waals surface area contributed by atoms with Crippen LogP contribution in [-0.4, -0.2) is 25.0 Å². The number of esters is 1. The fourth-order valence-corrected chi connectivity index (χ4v) is 1.56. The molecule has 0 bridgehead atoms. The number of carbonyl (C=O) groups excluding carboxylic acids is 2. The van der Waals surface area contributed by atoms with Gasteiger partial charge in [-0.25, -0.2) is 4.79 Å². The van der Waals surface area contributed by atoms with E-state index in [-0.39, 0.29) is 12.3 Å². The van der Waals surface area contributed by atoms with Crippen LogP contribution in [0.3, 0.4) is 0 Å². The van der Waals surface area contributed by atoms with E-state index in [1.165, 1.54) is 7.11 Å². The number of para-hydroxylation sites is 1. The van der Waals surface area contributed by atoms with Crippen molar-refractivity contribution >= 4 is 17.6 Å². The molecule has 1 atom stereocenters. The number of nitrogens with one attached hydrogen (secondary N) is 1. The van der Waals surface area contributed by atoms with E-state index in [1.54, 1.807) is 13.0 Å². The number of nitrogens with two attached hydrogens (primary N) is 1. The Morgan fingerprint density at radius 3 is 2.67 bits per heavy atom. The molecule has 5 nitrogen and oxygen atoms in total. The van der Waals surface area contributed by atoms with Crippen LogP contribution in [0.25, 0.3) is 0 Å². The quantitative estimate of drug-likeness (QED) is 0.600. The Morgan fingerprint density at radius 1 is 1.39 bits per heavy atom. The highest BCUT2D eigenvalue weighted by Crippen LogP contribution is 2.12. The monoisotopic (exact) mass is 250 g/mol. The summed E-state index contributed by atoms with van der Waals surface area (Å²) in [5, 5.41) is 2.57. The largest absolute Gasteiger partial charge is 0.467 e. The van der Waals surface area contributed by atoms with Gasteiger partial charge in [0.05, 0.1) is 7.11 Å². The van der Waals surface area contributed by atoms with Gasteiger partial charge < -0.3 is 15.8 Å². The van der Waals surface area contributed by atoms with Gasteiger partial charge in [-0.15, -0.1) is 0 Å². The Bertz CT molecular complexity index is 432. The average molecular weight is 250 g/mol. The summed E-state index contributed by atoms with van der Waals surface area (Å²) in [5.41, 5.74) is 7.37. The van der Waals surface area contributed by atoms with Gasteiger partial charge in [0.1, 0.15) is 6.04 Å². The summed E-state index contributed by atoms with van der Waals surface area (Å²) < 4.78 is 4.52. The minimum Gasteiger partial charge on any atom is -0.467 e. The van der Waals surface area contributed by atoms with Crippen LogP contribution in [0, 0.1) is 0 Å². The molecular formula is C13H18N2O3. The molecule has 1 amide bonds. The van der Waals surface area contributed by atoms with Gasteiger partial charge in [-0.3, -0.25) is 4.79 Å². The van der Waals surface area contributed by atoms with Crippen molar-refractivity contribution < 1.29 is 14.3 Å². The van der Waals surface area contributed by atoms with Crippen LogP contribution in [0.2, 0.25) is 0 Å². The highest BCUT2D eigenvalue weighted by atomic mass is 16.5. The van der Waals surface area contributed by atoms with Crippen molar-refractivity contribution in [2.24, 2.45) is 0 Å². The lowest BCUT2D eigenvalue weighted by molar-refractivity contribution is -0.144. The lowest BCUT2D eigenvalue weighted by atomic mass is 10.1. The molecule has 0 aliphatic carbocycles. The van der Waals surface area contributed by atoms with Crippen molar-refractivity contribution in [2.75, 3.05) is 12.8 Å². The molecule has 0 aliphatic heterocycles. The van der Waals surface area contributed by atoms with E-state index in [4.69, 9.17) is 5.73 Å². The highest BCUT2D eigenvalue weighted by Gasteiger charge is 2.15. The standard InChI is InChI=1S/C13H18N2O3/c1-9(13(17)18-2)15-12(16)8-7-10-5-3-4-6-11(10)14/h3-6,9H,7-8,14H2,1-2H3,(H,15,16). The smallest absolute Gasteiger partial charge is 0.328 e. The van der Waals surface area contributed by atoms with Crippen LogP contribution in [0.1, 0.15) is 18.9 Å². The normalized spacial score (nSPS) is 11.7. The van der Waals surface area contributed by atoms with E-state index in [2.05, 4.69) is 10.1 Å². The van der Waals surface area contributed by atoms with Gasteiger partial charge >= 0.3 is 5.97 Å². The SMILES string of the molecule is COC(=O)C(C)NC(=O)CCc1ccccc1N. The summed E-state index contributed by atoms with van der Waals surface area (Å²) >= 11 is 0. The number of hydrogen-bond donors (Lipinski definition) is 2. The molecule has 0 aromatic heterocycles. The predicted molar refractivity (Wildman–Crippen MR) is 68.8 cm³/mol. The van der Waals surface area contributed by atoms with E-state index in [1.807, 2.05) is 18.2 Å². The molecule has 1 aromatic carbocycles. The Hall–Kier alpha value is -2.04. The lowest BCUT2D eigenvalue weighted by Gasteiger charge is -2.11. The maximum atomic E-state index is 11.6. The van der Waals surface area contributed by atoms with Crippen molar-refractivity contribution in [2.45, 2.75) is 25.8 Å². The van der Waals surface area contributed by atoms with E-state index in [0.29, 0.717) is 12.1 Å². The molecule has 5 heteroatoms. The summed E-state index contributed by atoms with van der Waals surface area (Å²) in [6.07, 6.45) is 0.835. The first-order valence-electron chi connectivity index (χ1n) is 5.75. The van der Waals surface area contributed by atoms with Gasteiger partial charge in [0.2, 0.25) is 5.91 Å². The van der Waals surface area contributed by atoms with Crippen LogP contribution in [-0.2, 0) is 20.7 Å². The topological polar surface area (TPSA) is 81.4 Å². The minimum absolute atomic E-state index is 0.198. The van der Waals surface area contributed by atoms with Crippen molar-refractivity contribution in [1.29, 1.82) is 0 Å². The second-order valence-corrected chi connectivity index (χ2v) is 4.01. The molecule has 1 rings (SSSR count). The van der Waals surface area contributed by atoms with Gasteiger partial charge in [0.15, 0.2) is 0 Å². The Morgan fingerprint density at radius 2 is 2.06 bits per heavy atom. The Kier molecular flexibility index (Phi) is 5.17. The molecular weight excluding hydrogens is 232 g/mol. The third-order valence-corrected chi connectivity index (χ3v) is 2.61. The fourth-order valence-electron chi connectivity index (χ4n) is 1.56. The summed E-state index contributed by atoms with van der Waals surface area (Å²) in [5.74, 6) is -0.654. The van der Waals surface area contributed by atoms with Gasteiger partial charge in [-0.1, -0.05) is 18.2 Å². The molecule has 0 radical (unpaired) electrons. The van der Waals surface area contributed by atoms with Crippen molar-refractivity contribution in [3.8, 4) is 0 Å². The Balaban J connectivity index is 2.43. The van der Waals surface area contributed by atoms with Crippen molar-refractivity contribution in [1.82, 2.24) is 5.32 Å². The van der Waals surface area contributed by atoms with Crippen LogP contribution in [0.5, 0.6) is 0 Å². The molecule has 0 saturated carbocycles. The van der Waals surface area contributed by atoms with Gasteiger partial charge in [0.25, 0.3) is 0 Å². The zero-order valence-electron chi connectivity index (χ0n) is 10.6. The number of ether oxygens (including phenoxy) is 1. The summed E-state index contributed by atoms with van der Waals surface area (Å²) in [4.78, 5) is 22.7. The second-order valence-electron chi connectivity index (χ2n) is 4.01. The van der Waals surface area contributed by atoms with Gasteiger partial charge in [-0.05, 0) is 25.0 Å². The first-order chi connectivity index (χ1) is 8.54. The average Bonchev–Trinajstić information content (AvgIpc) is 2.36. The number of aryl methyl sites for hydroxylation is 1. The van der Waals surface area contributed by atoms with Crippen molar-refractivity contribution in [3.63, 3.8) is 0 Å². The molecule has 0 heterocycles. The highest BCUT2D eigenvalue weighted by molar-refractivity contribution is 5.84. The van der Waals surface area contributed by atoms with Crippen LogP contribution >= 0.6 is 0 Å². The van der Waals surface area contributed by atoms with Crippen LogP contribution in [0.4, 0.5) is 5.69 Å². The first-order valence-corrected chi connectivity index (χ1v) is 5.75. The molecule has 0 spiro atoms. The van der Waals surface area contributed by atoms with E-state index >= 15 is 0 Å². The first kappa shape index (κ1) is 14.0. The third-order valence-electron chi connectivity index (χ3n) is 2.61. The molecule has 3 N–H and O–H groups in total. The number of rotatable bonds is 5. The number of hydrogen-bond acceptors (Lipinski definition) is 4. The van der Waals surface area contributed by atoms with E-state index in [0.717, 1.165) is 5.56 Å². The van der Waals surface area contributed by atoms with Crippen LogP contribution in [0.15, 0.2) is 24.3 Å². The summed E-state index contributed by atoms with van der Waals surface area (Å²) in [7, 11) is 1.29. The molecule has 0 saturated heterocycles. The third kappa shape index (κ3) is 4.08. The molecule has 0 aliphatic rings. The molecule has 0 fully saturated rings. The maximum absolute atomic E-state index is 11.6. The lowest BCUT2D eigenvalue weighted by Crippen LogP contribution is -2.39. The molecule has 1 unspecified atom stereocenters. The van der Waals surface area contributed by atoms with Gasteiger partial charge in [0, 0.05) is 12.1 Å². The molecule has 18 heavy (non-hydrogen) atoms. The number of anilines is 1. The van der Waals surface area contributed by atoms with Crippen LogP contribution < -0.4 is 11.1 Å². The number of benzene rings is 1. The summed E-state index contributed by atoms with van der Waals surface area (Å²) in [6, 6.07) is 6.77. The minimum atomic E-state index is -0.629. The van der Waals surface area contributed by atoms with E-state index < -0.39 is 12.0 Å². The second kappa shape index (κ2) is 6.64. The number of amides is 1. The Labute approximate surface area is 106 Å². The predicted octanol–water partition coefficient (Wildman–Crippen LogP) is 0.879.